The lowest BCUT2D eigenvalue weighted by atomic mass is 9.84. The number of carboxylic acid groups (broad SMARTS) is 2. The van der Waals surface area contributed by atoms with Gasteiger partial charge in [0.25, 0.3) is 5.79 Å². The minimum Gasteiger partial charge on any atom is -0.479 e. The Morgan fingerprint density at radius 2 is 1.81 bits per heavy atom. The Kier molecular flexibility index (Phi) is 2.94. The van der Waals surface area contributed by atoms with Gasteiger partial charge in [-0.2, -0.15) is 0 Å². The normalized spacial score (nSPS) is 44.0. The van der Waals surface area contributed by atoms with Gasteiger partial charge in [-0.3, -0.25) is 0 Å². The zero-order chi connectivity index (χ0) is 12.7. The number of rotatable bonds is 2. The van der Waals surface area contributed by atoms with E-state index in [4.69, 9.17) is 10.2 Å². The summed E-state index contributed by atoms with van der Waals surface area (Å²) in [6, 6.07) is 0. The van der Waals surface area contributed by atoms with E-state index >= 15 is 0 Å². The third-order valence-corrected chi connectivity index (χ3v) is 2.42. The van der Waals surface area contributed by atoms with E-state index in [2.05, 4.69) is 4.74 Å². The van der Waals surface area contributed by atoms with Gasteiger partial charge in [-0.05, 0) is 6.92 Å². The van der Waals surface area contributed by atoms with Gasteiger partial charge in [0.1, 0.15) is 6.10 Å². The smallest absolute Gasteiger partial charge is 0.364 e. The maximum atomic E-state index is 10.7. The second-order valence-corrected chi connectivity index (χ2v) is 3.95. The Morgan fingerprint density at radius 1 is 1.31 bits per heavy atom. The minimum atomic E-state index is -2.83. The van der Waals surface area contributed by atoms with Crippen molar-refractivity contribution in [2.75, 3.05) is 0 Å². The molecule has 1 aliphatic rings. The SMILES string of the molecule is C[C@@]1(O)CC(O)(C(=O)O)O[C@H](C(=O)O)[C@H]1O. The van der Waals surface area contributed by atoms with Crippen LogP contribution in [0.2, 0.25) is 0 Å². The number of hydrogen-bond donors (Lipinski definition) is 5. The van der Waals surface area contributed by atoms with Gasteiger partial charge < -0.3 is 30.3 Å². The van der Waals surface area contributed by atoms with Crippen molar-refractivity contribution < 1.29 is 39.9 Å². The topological polar surface area (TPSA) is 145 Å². The molecule has 1 fully saturated rings. The largest absolute Gasteiger partial charge is 0.479 e. The first kappa shape index (κ1) is 12.8. The Labute approximate surface area is 89.7 Å². The first-order valence-corrected chi connectivity index (χ1v) is 4.37. The van der Waals surface area contributed by atoms with E-state index in [-0.39, 0.29) is 0 Å². The summed E-state index contributed by atoms with van der Waals surface area (Å²) in [7, 11) is 0. The first-order valence-electron chi connectivity index (χ1n) is 4.37. The number of aliphatic hydroxyl groups excluding tert-OH is 1. The van der Waals surface area contributed by atoms with Gasteiger partial charge in [-0.1, -0.05) is 0 Å². The van der Waals surface area contributed by atoms with Crippen LogP contribution in [0.25, 0.3) is 0 Å². The molecule has 0 radical (unpaired) electrons. The van der Waals surface area contributed by atoms with Crippen LogP contribution in [-0.4, -0.2) is 61.1 Å². The summed E-state index contributed by atoms with van der Waals surface area (Å²) in [5, 5.41) is 45.8. The number of carboxylic acids is 2. The molecule has 0 saturated carbocycles. The van der Waals surface area contributed by atoms with Crippen LogP contribution < -0.4 is 0 Å². The molecule has 4 atom stereocenters. The molecule has 16 heavy (non-hydrogen) atoms. The molecule has 0 aromatic rings. The molecule has 1 heterocycles. The number of ether oxygens (including phenoxy) is 1. The molecule has 1 aliphatic heterocycles. The highest BCUT2D eigenvalue weighted by Gasteiger charge is 2.57. The number of carbonyl (C=O) groups is 2. The molecule has 8 heteroatoms. The summed E-state index contributed by atoms with van der Waals surface area (Å²) < 4.78 is 4.39. The molecule has 1 rings (SSSR count). The van der Waals surface area contributed by atoms with Gasteiger partial charge in [0, 0.05) is 6.42 Å². The molecule has 0 aromatic heterocycles. The summed E-state index contributed by atoms with van der Waals surface area (Å²) in [4.78, 5) is 21.3. The van der Waals surface area contributed by atoms with Gasteiger partial charge in [-0.15, -0.1) is 0 Å². The van der Waals surface area contributed by atoms with Gasteiger partial charge in [0.05, 0.1) is 5.60 Å². The third kappa shape index (κ3) is 2.00. The van der Waals surface area contributed by atoms with Crippen LogP contribution in [0.1, 0.15) is 13.3 Å². The van der Waals surface area contributed by atoms with Crippen LogP contribution in [0.3, 0.4) is 0 Å². The molecule has 5 N–H and O–H groups in total. The molecule has 1 saturated heterocycles. The zero-order valence-electron chi connectivity index (χ0n) is 8.32. The number of aliphatic hydroxyl groups is 3. The second kappa shape index (κ2) is 3.67. The average molecular weight is 236 g/mol. The Morgan fingerprint density at radius 3 is 2.19 bits per heavy atom. The highest BCUT2D eigenvalue weighted by molar-refractivity contribution is 5.78. The molecule has 0 aromatic carbocycles. The van der Waals surface area contributed by atoms with Crippen LogP contribution in [0, 0.1) is 0 Å². The lowest BCUT2D eigenvalue weighted by molar-refractivity contribution is -0.309. The van der Waals surface area contributed by atoms with E-state index in [1.807, 2.05) is 0 Å². The average Bonchev–Trinajstić information content (AvgIpc) is 2.10. The summed E-state index contributed by atoms with van der Waals surface area (Å²) >= 11 is 0. The van der Waals surface area contributed by atoms with Crippen molar-refractivity contribution in [1.82, 2.24) is 0 Å². The maximum Gasteiger partial charge on any atom is 0.364 e. The Hall–Kier alpha value is -1.22. The standard InChI is InChI=1S/C8H12O8/c1-7(14)2-8(15,6(12)13)16-3(4(7)9)5(10)11/h3-4,9,14-15H,2H2,1H3,(H,10,11)(H,12,13)/t3-,4+,7+,8?/m0/s1. The first-order chi connectivity index (χ1) is 7.10. The van der Waals surface area contributed by atoms with Crippen LogP contribution in [0.4, 0.5) is 0 Å². The summed E-state index contributed by atoms with van der Waals surface area (Å²) in [6.07, 6.45) is -4.67. The van der Waals surface area contributed by atoms with E-state index < -0.39 is 42.0 Å². The van der Waals surface area contributed by atoms with E-state index in [1.54, 1.807) is 0 Å². The van der Waals surface area contributed by atoms with Crippen molar-refractivity contribution in [3.63, 3.8) is 0 Å². The van der Waals surface area contributed by atoms with E-state index in [9.17, 15) is 24.9 Å². The quantitative estimate of drug-likeness (QED) is 0.361. The fourth-order valence-corrected chi connectivity index (χ4v) is 1.54. The molecule has 0 aliphatic carbocycles. The lowest BCUT2D eigenvalue weighted by Gasteiger charge is -2.43. The van der Waals surface area contributed by atoms with E-state index in [1.165, 1.54) is 0 Å². The number of aliphatic carboxylic acids is 2. The fraction of sp³-hybridized carbons (Fsp3) is 0.750. The van der Waals surface area contributed by atoms with Gasteiger partial charge >= 0.3 is 11.9 Å². The molecule has 8 nitrogen and oxygen atoms in total. The highest BCUT2D eigenvalue weighted by Crippen LogP contribution is 2.34. The molecule has 92 valence electrons. The Bertz CT molecular complexity index is 324. The van der Waals surface area contributed by atoms with Crippen LogP contribution >= 0.6 is 0 Å². The minimum absolute atomic E-state index is 0.833. The highest BCUT2D eigenvalue weighted by atomic mass is 16.7. The molecule has 0 bridgehead atoms. The van der Waals surface area contributed by atoms with Crippen LogP contribution in [-0.2, 0) is 14.3 Å². The number of hydrogen-bond acceptors (Lipinski definition) is 6. The summed E-state index contributed by atoms with van der Waals surface area (Å²) in [5.74, 6) is -6.33. The summed E-state index contributed by atoms with van der Waals surface area (Å²) in [6.45, 7) is 1.02. The predicted octanol–water partition coefficient (Wildman–Crippen LogP) is -2.25. The molecular weight excluding hydrogens is 224 g/mol. The maximum absolute atomic E-state index is 10.7. The van der Waals surface area contributed by atoms with Gasteiger partial charge in [0.2, 0.25) is 0 Å². The van der Waals surface area contributed by atoms with Crippen molar-refractivity contribution in [2.45, 2.75) is 36.9 Å². The predicted molar refractivity (Wildman–Crippen MR) is 46.3 cm³/mol. The fourth-order valence-electron chi connectivity index (χ4n) is 1.54. The van der Waals surface area contributed by atoms with Crippen LogP contribution in [0.5, 0.6) is 0 Å². The molecular formula is C8H12O8. The van der Waals surface area contributed by atoms with Gasteiger partial charge in [-0.25, -0.2) is 9.59 Å². The van der Waals surface area contributed by atoms with Crippen molar-refractivity contribution in [2.24, 2.45) is 0 Å². The molecule has 1 unspecified atom stereocenters. The molecule has 0 spiro atoms. The third-order valence-electron chi connectivity index (χ3n) is 2.42. The van der Waals surface area contributed by atoms with E-state index in [0.29, 0.717) is 0 Å². The van der Waals surface area contributed by atoms with Crippen molar-refractivity contribution in [1.29, 1.82) is 0 Å². The van der Waals surface area contributed by atoms with Crippen molar-refractivity contribution in [3.05, 3.63) is 0 Å². The van der Waals surface area contributed by atoms with Crippen molar-refractivity contribution in [3.8, 4) is 0 Å². The monoisotopic (exact) mass is 236 g/mol. The summed E-state index contributed by atoms with van der Waals surface area (Å²) in [5.41, 5.74) is -2.07. The Balaban J connectivity index is 3.08. The molecule has 0 amide bonds. The van der Waals surface area contributed by atoms with Gasteiger partial charge in [0.15, 0.2) is 6.10 Å². The zero-order valence-corrected chi connectivity index (χ0v) is 8.32. The van der Waals surface area contributed by atoms with Crippen LogP contribution in [0.15, 0.2) is 0 Å². The second-order valence-electron chi connectivity index (χ2n) is 3.95. The van der Waals surface area contributed by atoms with Crippen molar-refractivity contribution >= 4 is 11.9 Å². The lowest BCUT2D eigenvalue weighted by Crippen LogP contribution is -2.65. The van der Waals surface area contributed by atoms with E-state index in [0.717, 1.165) is 6.92 Å².